The Morgan fingerprint density at radius 2 is 1.71 bits per heavy atom. The van der Waals surface area contributed by atoms with Crippen LogP contribution in [0.4, 0.5) is 13.2 Å². The Balaban J connectivity index is 2.55. The predicted octanol–water partition coefficient (Wildman–Crippen LogP) is 2.87. The van der Waals surface area contributed by atoms with Gasteiger partial charge < -0.3 is 5.11 Å². The lowest BCUT2D eigenvalue weighted by molar-refractivity contribution is -0.137. The van der Waals surface area contributed by atoms with E-state index in [-0.39, 0.29) is 17.1 Å². The molecule has 0 aliphatic carbocycles. The predicted molar refractivity (Wildman–Crippen MR) is 54.1 cm³/mol. The minimum Gasteiger partial charge on any atom is -0.507 e. The first-order valence-electron chi connectivity index (χ1n) is 4.66. The number of aromatic hydroxyl groups is 1. The largest absolute Gasteiger partial charge is 0.507 e. The molecule has 0 saturated carbocycles. The van der Waals surface area contributed by atoms with Crippen molar-refractivity contribution >= 4 is 0 Å². The van der Waals surface area contributed by atoms with Crippen molar-refractivity contribution in [3.8, 4) is 17.1 Å². The molecule has 0 aliphatic heterocycles. The van der Waals surface area contributed by atoms with E-state index in [1.54, 1.807) is 0 Å². The molecular formula is C11H7F3N2O. The minimum atomic E-state index is -4.46. The van der Waals surface area contributed by atoms with Crippen LogP contribution in [0.1, 0.15) is 5.56 Å². The van der Waals surface area contributed by atoms with Crippen molar-refractivity contribution in [2.45, 2.75) is 6.18 Å². The van der Waals surface area contributed by atoms with Crippen LogP contribution >= 0.6 is 0 Å². The number of halogens is 3. The average Bonchev–Trinajstić information content (AvgIpc) is 2.29. The highest BCUT2D eigenvalue weighted by atomic mass is 19.4. The van der Waals surface area contributed by atoms with Crippen LogP contribution in [-0.2, 0) is 6.18 Å². The highest BCUT2D eigenvalue weighted by Gasteiger charge is 2.31. The van der Waals surface area contributed by atoms with Crippen LogP contribution in [0.3, 0.4) is 0 Å². The summed E-state index contributed by atoms with van der Waals surface area (Å²) >= 11 is 0. The van der Waals surface area contributed by atoms with E-state index in [9.17, 15) is 18.3 Å². The third-order valence-electron chi connectivity index (χ3n) is 2.13. The summed E-state index contributed by atoms with van der Waals surface area (Å²) < 4.78 is 37.5. The highest BCUT2D eigenvalue weighted by Crippen LogP contribution is 2.35. The third kappa shape index (κ3) is 2.35. The molecule has 1 aromatic heterocycles. The zero-order valence-corrected chi connectivity index (χ0v) is 8.44. The fraction of sp³-hybridized carbons (Fsp3) is 0.0909. The molecule has 0 spiro atoms. The molecule has 0 bridgehead atoms. The van der Waals surface area contributed by atoms with E-state index in [4.69, 9.17) is 0 Å². The molecule has 17 heavy (non-hydrogen) atoms. The van der Waals surface area contributed by atoms with Gasteiger partial charge in [-0.05, 0) is 24.3 Å². The normalized spacial score (nSPS) is 11.5. The molecule has 0 aliphatic rings. The summed E-state index contributed by atoms with van der Waals surface area (Å²) in [4.78, 5) is 7.59. The SMILES string of the molecule is Oc1ccc(C(F)(F)F)cc1-c1ncccn1. The van der Waals surface area contributed by atoms with Crippen LogP contribution < -0.4 is 0 Å². The van der Waals surface area contributed by atoms with Crippen molar-refractivity contribution in [3.05, 3.63) is 42.2 Å². The standard InChI is InChI=1S/C11H7F3N2O/c12-11(13,14)7-2-3-9(17)8(6-7)10-15-4-1-5-16-10/h1-6,17H. The van der Waals surface area contributed by atoms with Crippen LogP contribution in [-0.4, -0.2) is 15.1 Å². The fourth-order valence-corrected chi connectivity index (χ4v) is 1.33. The number of hydrogen-bond donors (Lipinski definition) is 1. The molecule has 3 nitrogen and oxygen atoms in total. The van der Waals surface area contributed by atoms with Crippen LogP contribution in [0, 0.1) is 0 Å². The Kier molecular flexibility index (Phi) is 2.71. The van der Waals surface area contributed by atoms with Crippen LogP contribution in [0.2, 0.25) is 0 Å². The van der Waals surface area contributed by atoms with Gasteiger partial charge in [-0.15, -0.1) is 0 Å². The maximum Gasteiger partial charge on any atom is 0.416 e. The van der Waals surface area contributed by atoms with Crippen molar-refractivity contribution < 1.29 is 18.3 Å². The smallest absolute Gasteiger partial charge is 0.416 e. The van der Waals surface area contributed by atoms with Crippen molar-refractivity contribution in [1.82, 2.24) is 9.97 Å². The van der Waals surface area contributed by atoms with Gasteiger partial charge in [0.2, 0.25) is 0 Å². The molecule has 0 atom stereocenters. The molecule has 0 fully saturated rings. The third-order valence-corrected chi connectivity index (χ3v) is 2.13. The summed E-state index contributed by atoms with van der Waals surface area (Å²) in [5.41, 5.74) is -0.891. The first-order chi connectivity index (χ1) is 7.98. The first-order valence-corrected chi connectivity index (χ1v) is 4.66. The lowest BCUT2D eigenvalue weighted by atomic mass is 10.1. The molecular weight excluding hydrogens is 233 g/mol. The monoisotopic (exact) mass is 240 g/mol. The van der Waals surface area contributed by atoms with Gasteiger partial charge in [-0.3, -0.25) is 0 Å². The number of alkyl halides is 3. The van der Waals surface area contributed by atoms with Gasteiger partial charge in [0.05, 0.1) is 11.1 Å². The van der Waals surface area contributed by atoms with Gasteiger partial charge in [0.15, 0.2) is 5.82 Å². The van der Waals surface area contributed by atoms with Gasteiger partial charge in [-0.2, -0.15) is 13.2 Å². The second kappa shape index (κ2) is 4.04. The molecule has 1 aromatic carbocycles. The number of phenolic OH excluding ortho intramolecular Hbond substituents is 1. The molecule has 88 valence electrons. The lowest BCUT2D eigenvalue weighted by Gasteiger charge is -2.09. The molecule has 0 amide bonds. The Bertz CT molecular complexity index is 526. The molecule has 6 heteroatoms. The van der Waals surface area contributed by atoms with Crippen LogP contribution in [0.25, 0.3) is 11.4 Å². The van der Waals surface area contributed by atoms with Crippen LogP contribution in [0.5, 0.6) is 5.75 Å². The number of aromatic nitrogens is 2. The number of benzene rings is 1. The van der Waals surface area contributed by atoms with E-state index in [2.05, 4.69) is 9.97 Å². The van der Waals surface area contributed by atoms with Crippen molar-refractivity contribution in [3.63, 3.8) is 0 Å². The van der Waals surface area contributed by atoms with E-state index in [0.29, 0.717) is 0 Å². The average molecular weight is 240 g/mol. The van der Waals surface area contributed by atoms with Crippen LogP contribution in [0.15, 0.2) is 36.7 Å². The molecule has 0 radical (unpaired) electrons. The Hall–Kier alpha value is -2.11. The number of rotatable bonds is 1. The van der Waals surface area contributed by atoms with E-state index in [1.165, 1.54) is 18.5 Å². The summed E-state index contributed by atoms with van der Waals surface area (Å²) in [5.74, 6) is -0.236. The van der Waals surface area contributed by atoms with Crippen molar-refractivity contribution in [2.24, 2.45) is 0 Å². The second-order valence-corrected chi connectivity index (χ2v) is 3.30. The van der Waals surface area contributed by atoms with Gasteiger partial charge in [-0.1, -0.05) is 0 Å². The number of hydrogen-bond acceptors (Lipinski definition) is 3. The fourth-order valence-electron chi connectivity index (χ4n) is 1.33. The minimum absolute atomic E-state index is 0.0413. The summed E-state index contributed by atoms with van der Waals surface area (Å²) in [6.07, 6.45) is -1.68. The summed E-state index contributed by atoms with van der Waals surface area (Å²) in [5, 5.41) is 9.51. The maximum absolute atomic E-state index is 12.5. The van der Waals surface area contributed by atoms with E-state index >= 15 is 0 Å². The van der Waals surface area contributed by atoms with Crippen molar-refractivity contribution in [1.29, 1.82) is 0 Å². The Morgan fingerprint density at radius 3 is 2.29 bits per heavy atom. The number of nitrogens with zero attached hydrogens (tertiary/aromatic N) is 2. The summed E-state index contributed by atoms with van der Waals surface area (Å²) in [6.45, 7) is 0. The Labute approximate surface area is 94.6 Å². The molecule has 0 unspecified atom stereocenters. The topological polar surface area (TPSA) is 46.0 Å². The molecule has 1 heterocycles. The molecule has 2 rings (SSSR count). The van der Waals surface area contributed by atoms with Gasteiger partial charge in [0.25, 0.3) is 0 Å². The summed E-state index contributed by atoms with van der Waals surface area (Å²) in [7, 11) is 0. The zero-order chi connectivity index (χ0) is 12.5. The van der Waals surface area contributed by atoms with Gasteiger partial charge in [0, 0.05) is 12.4 Å². The zero-order valence-electron chi connectivity index (χ0n) is 8.44. The second-order valence-electron chi connectivity index (χ2n) is 3.30. The quantitative estimate of drug-likeness (QED) is 0.833. The van der Waals surface area contributed by atoms with E-state index in [1.807, 2.05) is 0 Å². The maximum atomic E-state index is 12.5. The van der Waals surface area contributed by atoms with Gasteiger partial charge >= 0.3 is 6.18 Å². The molecule has 0 saturated heterocycles. The molecule has 2 aromatic rings. The van der Waals surface area contributed by atoms with E-state index in [0.717, 1.165) is 18.2 Å². The number of phenols is 1. The van der Waals surface area contributed by atoms with Gasteiger partial charge in [0.1, 0.15) is 5.75 Å². The highest BCUT2D eigenvalue weighted by molar-refractivity contribution is 5.64. The van der Waals surface area contributed by atoms with Gasteiger partial charge in [-0.25, -0.2) is 9.97 Å². The summed E-state index contributed by atoms with van der Waals surface area (Å²) in [6, 6.07) is 4.15. The Morgan fingerprint density at radius 1 is 1.06 bits per heavy atom. The van der Waals surface area contributed by atoms with E-state index < -0.39 is 11.7 Å². The first kappa shape index (κ1) is 11.4. The van der Waals surface area contributed by atoms with Crippen molar-refractivity contribution in [2.75, 3.05) is 0 Å². The lowest BCUT2D eigenvalue weighted by Crippen LogP contribution is -2.05. The molecule has 1 N–H and O–H groups in total.